The summed E-state index contributed by atoms with van der Waals surface area (Å²) in [6.45, 7) is 4.84. The van der Waals surface area contributed by atoms with Gasteiger partial charge in [-0.15, -0.1) is 0 Å². The largest absolute Gasteiger partial charge is 0.465 e. The second kappa shape index (κ2) is 10.6. The van der Waals surface area contributed by atoms with E-state index in [4.69, 9.17) is 9.29 Å². The molecule has 4 aliphatic rings. The van der Waals surface area contributed by atoms with E-state index in [1.165, 1.54) is 0 Å². The molecule has 10 atom stereocenters. The number of rotatable bonds is 9. The summed E-state index contributed by atoms with van der Waals surface area (Å²) in [6, 6.07) is 0. The predicted molar refractivity (Wildman–Crippen MR) is 134 cm³/mol. The Morgan fingerprint density at radius 2 is 1.90 bits per heavy atom. The van der Waals surface area contributed by atoms with E-state index in [1.807, 2.05) is 13.8 Å². The van der Waals surface area contributed by atoms with E-state index in [9.17, 15) is 36.7 Å². The number of esters is 1. The molecule has 9 nitrogen and oxygen atoms in total. The van der Waals surface area contributed by atoms with Crippen molar-refractivity contribution in [2.24, 2.45) is 46.3 Å². The Morgan fingerprint density at radius 1 is 1.21 bits per heavy atom. The molecule has 0 amide bonds. The van der Waals surface area contributed by atoms with Gasteiger partial charge in [-0.25, -0.2) is 0 Å². The SMILES string of the molecule is C[C@H](CCC(=O)OCC(F)(F)S(=O)(=O)O)[C@H]1CC[C@H]2[C@@H]3[C@@H](O)CC4C[C@H](OC=O)CC[C@]4(C)[C@H]3CC(=O)[C@]12C. The van der Waals surface area contributed by atoms with Crippen LogP contribution in [-0.4, -0.2) is 60.4 Å². The number of fused-ring (bicyclic) bond motifs is 5. The van der Waals surface area contributed by atoms with Gasteiger partial charge in [-0.05, 0) is 85.9 Å². The van der Waals surface area contributed by atoms with Crippen LogP contribution in [0, 0.1) is 46.3 Å². The number of hydrogen-bond donors (Lipinski definition) is 2. The van der Waals surface area contributed by atoms with Crippen molar-refractivity contribution < 1.29 is 50.7 Å². The Bertz CT molecular complexity index is 1080. The molecule has 4 fully saturated rings. The maximum Gasteiger partial charge on any atom is 0.402 e. The van der Waals surface area contributed by atoms with E-state index in [0.29, 0.717) is 25.7 Å². The third-order valence-corrected chi connectivity index (χ3v) is 12.0. The summed E-state index contributed by atoms with van der Waals surface area (Å²) in [6.07, 6.45) is 4.09. The third kappa shape index (κ3) is 5.25. The maximum absolute atomic E-state index is 13.9. The fraction of sp³-hybridized carbons (Fsp3) is 0.889. The van der Waals surface area contributed by atoms with E-state index < -0.39 is 39.5 Å². The van der Waals surface area contributed by atoms with Gasteiger partial charge in [0, 0.05) is 18.3 Å². The monoisotopic (exact) mass is 578 g/mol. The molecule has 4 aliphatic carbocycles. The molecule has 0 aromatic carbocycles. The smallest absolute Gasteiger partial charge is 0.402 e. The average molecular weight is 579 g/mol. The van der Waals surface area contributed by atoms with Crippen LogP contribution in [0.2, 0.25) is 0 Å². The molecule has 0 saturated heterocycles. The van der Waals surface area contributed by atoms with Crippen molar-refractivity contribution in [3.05, 3.63) is 0 Å². The molecular formula is C27H40F2O9S. The van der Waals surface area contributed by atoms with Gasteiger partial charge in [0.1, 0.15) is 11.9 Å². The van der Waals surface area contributed by atoms with Crippen LogP contribution >= 0.6 is 0 Å². The van der Waals surface area contributed by atoms with Crippen molar-refractivity contribution in [2.75, 3.05) is 6.61 Å². The summed E-state index contributed by atoms with van der Waals surface area (Å²) in [4.78, 5) is 36.8. The lowest BCUT2D eigenvalue weighted by atomic mass is 9.43. The van der Waals surface area contributed by atoms with E-state index in [-0.39, 0.29) is 65.7 Å². The Hall–Kier alpha value is -1.66. The van der Waals surface area contributed by atoms with Crippen LogP contribution in [0.5, 0.6) is 0 Å². The third-order valence-electron chi connectivity index (χ3n) is 11.1. The van der Waals surface area contributed by atoms with Crippen molar-refractivity contribution in [3.63, 3.8) is 0 Å². The number of halogens is 2. The molecule has 4 rings (SSSR count). The van der Waals surface area contributed by atoms with Crippen LogP contribution < -0.4 is 0 Å². The van der Waals surface area contributed by atoms with Crippen LogP contribution in [0.25, 0.3) is 0 Å². The quantitative estimate of drug-likeness (QED) is 0.237. The minimum Gasteiger partial charge on any atom is -0.465 e. The number of ether oxygens (including phenoxy) is 2. The Balaban J connectivity index is 1.43. The summed E-state index contributed by atoms with van der Waals surface area (Å²) in [5.74, 6) is -0.833. The van der Waals surface area contributed by atoms with E-state index in [2.05, 4.69) is 11.7 Å². The first-order chi connectivity index (χ1) is 18.1. The van der Waals surface area contributed by atoms with Crippen LogP contribution in [-0.2, 0) is 34.0 Å². The van der Waals surface area contributed by atoms with Crippen molar-refractivity contribution in [1.29, 1.82) is 0 Å². The second-order valence-electron chi connectivity index (χ2n) is 12.8. The molecule has 0 bridgehead atoms. The number of hydrogen-bond acceptors (Lipinski definition) is 8. The summed E-state index contributed by atoms with van der Waals surface area (Å²) in [7, 11) is -5.69. The normalized spacial score (nSPS) is 41.1. The van der Waals surface area contributed by atoms with Crippen molar-refractivity contribution in [3.8, 4) is 0 Å². The number of alkyl halides is 2. The second-order valence-corrected chi connectivity index (χ2v) is 14.4. The van der Waals surface area contributed by atoms with Gasteiger partial charge >= 0.3 is 21.3 Å². The van der Waals surface area contributed by atoms with Crippen LogP contribution in [0.4, 0.5) is 8.78 Å². The highest BCUT2D eigenvalue weighted by atomic mass is 32.2. The number of aliphatic hydroxyl groups is 1. The van der Waals surface area contributed by atoms with E-state index in [0.717, 1.165) is 25.7 Å². The molecule has 222 valence electrons. The van der Waals surface area contributed by atoms with Crippen molar-refractivity contribution >= 4 is 28.3 Å². The fourth-order valence-electron chi connectivity index (χ4n) is 8.90. The standard InChI is InChI=1S/C27H40F2O9S/c1-15(4-7-23(33)37-13-27(28,29)39(34,35)36)18-5-6-19-24-20(12-22(32)26(18,19)3)25(2)9-8-17(38-14-30)10-16(25)11-21(24)31/h14-21,24,31H,4-13H2,1-3H3,(H,34,35,36)/t15-,16?,17-,18-,19+,20+,21+,24+,25+,26-/m1/s1. The highest BCUT2D eigenvalue weighted by Crippen LogP contribution is 2.67. The molecular weight excluding hydrogens is 538 g/mol. The molecule has 0 aromatic heterocycles. The molecule has 1 unspecified atom stereocenters. The minimum atomic E-state index is -5.69. The zero-order valence-electron chi connectivity index (χ0n) is 22.7. The van der Waals surface area contributed by atoms with Crippen molar-refractivity contribution in [1.82, 2.24) is 0 Å². The number of aliphatic hydroxyl groups excluding tert-OH is 1. The zero-order chi connectivity index (χ0) is 29.0. The summed E-state index contributed by atoms with van der Waals surface area (Å²) >= 11 is 0. The lowest BCUT2D eigenvalue weighted by Gasteiger charge is -2.61. The topological polar surface area (TPSA) is 144 Å². The van der Waals surface area contributed by atoms with Gasteiger partial charge in [-0.3, -0.25) is 18.9 Å². The van der Waals surface area contributed by atoms with Gasteiger partial charge in [-0.2, -0.15) is 17.2 Å². The summed E-state index contributed by atoms with van der Waals surface area (Å²) < 4.78 is 66.4. The maximum atomic E-state index is 13.9. The highest BCUT2D eigenvalue weighted by Gasteiger charge is 2.66. The average Bonchev–Trinajstić information content (AvgIpc) is 3.21. The first-order valence-corrected chi connectivity index (χ1v) is 15.3. The Morgan fingerprint density at radius 3 is 2.54 bits per heavy atom. The van der Waals surface area contributed by atoms with Gasteiger partial charge in [0.05, 0.1) is 6.10 Å². The van der Waals surface area contributed by atoms with Crippen LogP contribution in [0.15, 0.2) is 0 Å². The molecule has 4 saturated carbocycles. The molecule has 0 aromatic rings. The molecule has 0 radical (unpaired) electrons. The van der Waals surface area contributed by atoms with Gasteiger partial charge < -0.3 is 14.6 Å². The predicted octanol–water partition coefficient (Wildman–Crippen LogP) is 3.78. The number of ketones is 1. The van der Waals surface area contributed by atoms with Crippen LogP contribution in [0.3, 0.4) is 0 Å². The molecule has 0 aliphatic heterocycles. The highest BCUT2D eigenvalue weighted by molar-refractivity contribution is 7.86. The molecule has 0 heterocycles. The fourth-order valence-corrected chi connectivity index (χ4v) is 9.11. The van der Waals surface area contributed by atoms with Gasteiger partial charge in [0.2, 0.25) is 0 Å². The first-order valence-electron chi connectivity index (χ1n) is 13.9. The zero-order valence-corrected chi connectivity index (χ0v) is 23.5. The van der Waals surface area contributed by atoms with Gasteiger partial charge in [0.25, 0.3) is 6.47 Å². The van der Waals surface area contributed by atoms with Crippen molar-refractivity contribution in [2.45, 2.75) is 96.0 Å². The Labute approximate surface area is 228 Å². The molecule has 2 N–H and O–H groups in total. The number of carbonyl (C=O) groups is 3. The van der Waals surface area contributed by atoms with Crippen LogP contribution in [0.1, 0.15) is 78.6 Å². The molecule has 12 heteroatoms. The Kier molecular flexibility index (Phi) is 8.26. The summed E-state index contributed by atoms with van der Waals surface area (Å²) in [5, 5.41) is 6.82. The molecule has 0 spiro atoms. The first kappa shape index (κ1) is 30.3. The van der Waals surface area contributed by atoms with E-state index in [1.54, 1.807) is 0 Å². The number of carbonyl (C=O) groups excluding carboxylic acids is 3. The van der Waals surface area contributed by atoms with Gasteiger partial charge in [-0.1, -0.05) is 20.8 Å². The van der Waals surface area contributed by atoms with Gasteiger partial charge in [0.15, 0.2) is 6.61 Å². The lowest BCUT2D eigenvalue weighted by Crippen LogP contribution is -2.61. The minimum absolute atomic E-state index is 0.00618. The summed E-state index contributed by atoms with van der Waals surface area (Å²) in [5.41, 5.74) is -0.800. The van der Waals surface area contributed by atoms with E-state index >= 15 is 0 Å². The lowest BCUT2D eigenvalue weighted by molar-refractivity contribution is -0.183. The molecule has 39 heavy (non-hydrogen) atoms. The number of Topliss-reactive ketones (excluding diaryl/α,β-unsaturated/α-hetero) is 1.